The summed E-state index contributed by atoms with van der Waals surface area (Å²) in [5.74, 6) is -0.287. The number of hydrogen-bond donors (Lipinski definition) is 1. The molecule has 3 rings (SSSR count). The number of hydrogen-bond acceptors (Lipinski definition) is 4. The summed E-state index contributed by atoms with van der Waals surface area (Å²) in [5.41, 5.74) is 2.19. The molecule has 6 heteroatoms. The topological polar surface area (TPSA) is 83.6 Å². The zero-order valence-electron chi connectivity index (χ0n) is 11.5. The molecule has 0 saturated carbocycles. The average molecular weight is 289 g/mol. The van der Waals surface area contributed by atoms with Gasteiger partial charge in [-0.15, -0.1) is 0 Å². The molecule has 0 aliphatic heterocycles. The number of benzene rings is 2. The second kappa shape index (κ2) is 5.89. The van der Waals surface area contributed by atoms with Gasteiger partial charge in [-0.25, -0.2) is 9.67 Å². The van der Waals surface area contributed by atoms with E-state index in [4.69, 9.17) is 5.26 Å². The van der Waals surface area contributed by atoms with Gasteiger partial charge in [0.25, 0.3) is 5.91 Å². The van der Waals surface area contributed by atoms with Crippen LogP contribution in [-0.2, 0) is 0 Å². The first-order valence-electron chi connectivity index (χ1n) is 6.53. The Hall–Kier alpha value is -3.46. The summed E-state index contributed by atoms with van der Waals surface area (Å²) in [6.07, 6.45) is 2.98. The molecule has 0 unspecified atom stereocenters. The average Bonchev–Trinajstić information content (AvgIpc) is 3.09. The fourth-order valence-electron chi connectivity index (χ4n) is 2.04. The molecule has 0 spiro atoms. The standard InChI is InChI=1S/C16H11N5O/c17-9-12-4-3-5-13(8-12)16(22)20-14-6-1-2-7-15(14)21-11-18-10-19-21/h1-8,10-11H,(H,20,22). The number of nitrogens with one attached hydrogen (secondary N) is 1. The molecule has 106 valence electrons. The minimum absolute atomic E-state index is 0.287. The van der Waals surface area contributed by atoms with E-state index in [9.17, 15) is 4.79 Å². The number of rotatable bonds is 3. The Balaban J connectivity index is 1.90. The van der Waals surface area contributed by atoms with Gasteiger partial charge in [0, 0.05) is 5.56 Å². The van der Waals surface area contributed by atoms with Crippen molar-refractivity contribution in [1.29, 1.82) is 5.26 Å². The quantitative estimate of drug-likeness (QED) is 0.802. The van der Waals surface area contributed by atoms with Crippen molar-refractivity contribution in [2.45, 2.75) is 0 Å². The van der Waals surface area contributed by atoms with Crippen molar-refractivity contribution < 1.29 is 4.79 Å². The number of para-hydroxylation sites is 2. The Kier molecular flexibility index (Phi) is 3.62. The Morgan fingerprint density at radius 2 is 2.05 bits per heavy atom. The molecule has 1 amide bonds. The zero-order valence-corrected chi connectivity index (χ0v) is 11.5. The smallest absolute Gasteiger partial charge is 0.255 e. The predicted molar refractivity (Wildman–Crippen MR) is 80.5 cm³/mol. The maximum absolute atomic E-state index is 12.3. The fraction of sp³-hybridized carbons (Fsp3) is 0. The van der Waals surface area contributed by atoms with Gasteiger partial charge in [0.05, 0.1) is 23.0 Å². The van der Waals surface area contributed by atoms with E-state index < -0.39 is 0 Å². The lowest BCUT2D eigenvalue weighted by atomic mass is 10.1. The van der Waals surface area contributed by atoms with Crippen LogP contribution in [0.15, 0.2) is 61.2 Å². The summed E-state index contributed by atoms with van der Waals surface area (Å²) in [6, 6.07) is 15.8. The molecule has 6 nitrogen and oxygen atoms in total. The molecule has 0 bridgehead atoms. The molecule has 0 atom stereocenters. The summed E-state index contributed by atoms with van der Waals surface area (Å²) in [4.78, 5) is 16.2. The van der Waals surface area contributed by atoms with Crippen LogP contribution in [0.1, 0.15) is 15.9 Å². The van der Waals surface area contributed by atoms with Gasteiger partial charge in [-0.1, -0.05) is 18.2 Å². The van der Waals surface area contributed by atoms with Gasteiger partial charge in [-0.05, 0) is 30.3 Å². The van der Waals surface area contributed by atoms with Gasteiger partial charge in [-0.2, -0.15) is 10.4 Å². The van der Waals surface area contributed by atoms with Crippen LogP contribution >= 0.6 is 0 Å². The van der Waals surface area contributed by atoms with E-state index in [0.717, 1.165) is 0 Å². The monoisotopic (exact) mass is 289 g/mol. The highest BCUT2D eigenvalue weighted by atomic mass is 16.1. The molecule has 3 aromatic rings. The molecule has 0 radical (unpaired) electrons. The van der Waals surface area contributed by atoms with Crippen LogP contribution in [0.2, 0.25) is 0 Å². The predicted octanol–water partition coefficient (Wildman–Crippen LogP) is 2.39. The van der Waals surface area contributed by atoms with Crippen molar-refractivity contribution in [1.82, 2.24) is 14.8 Å². The number of aromatic nitrogens is 3. The zero-order chi connectivity index (χ0) is 15.4. The number of amides is 1. The Morgan fingerprint density at radius 1 is 1.18 bits per heavy atom. The minimum Gasteiger partial charge on any atom is -0.320 e. The van der Waals surface area contributed by atoms with Gasteiger partial charge >= 0.3 is 0 Å². The van der Waals surface area contributed by atoms with Crippen molar-refractivity contribution >= 4 is 11.6 Å². The third-order valence-electron chi connectivity index (χ3n) is 3.07. The molecule has 1 N–H and O–H groups in total. The largest absolute Gasteiger partial charge is 0.320 e. The lowest BCUT2D eigenvalue weighted by Crippen LogP contribution is -2.14. The molecule has 0 aliphatic rings. The number of nitrogens with zero attached hydrogens (tertiary/aromatic N) is 4. The summed E-state index contributed by atoms with van der Waals surface area (Å²) < 4.78 is 1.57. The van der Waals surface area contributed by atoms with Crippen LogP contribution < -0.4 is 5.32 Å². The molecule has 0 fully saturated rings. The molecule has 0 saturated heterocycles. The van der Waals surface area contributed by atoms with E-state index in [1.54, 1.807) is 41.3 Å². The minimum atomic E-state index is -0.287. The van der Waals surface area contributed by atoms with Crippen molar-refractivity contribution in [2.24, 2.45) is 0 Å². The summed E-state index contributed by atoms with van der Waals surface area (Å²) in [6.45, 7) is 0. The molecular formula is C16H11N5O. The normalized spacial score (nSPS) is 9.95. The Morgan fingerprint density at radius 3 is 2.82 bits per heavy atom. The van der Waals surface area contributed by atoms with Gasteiger partial charge < -0.3 is 5.32 Å². The summed E-state index contributed by atoms with van der Waals surface area (Å²) in [7, 11) is 0. The third-order valence-corrected chi connectivity index (χ3v) is 3.07. The van der Waals surface area contributed by atoms with E-state index in [2.05, 4.69) is 15.4 Å². The van der Waals surface area contributed by atoms with E-state index in [1.165, 1.54) is 6.33 Å². The fourth-order valence-corrected chi connectivity index (χ4v) is 2.04. The number of nitriles is 1. The molecular weight excluding hydrogens is 278 g/mol. The molecule has 0 aliphatic carbocycles. The Bertz CT molecular complexity index is 849. The van der Waals surface area contributed by atoms with Crippen molar-refractivity contribution in [2.75, 3.05) is 5.32 Å². The summed E-state index contributed by atoms with van der Waals surface area (Å²) in [5, 5.41) is 15.8. The highest BCUT2D eigenvalue weighted by molar-refractivity contribution is 6.05. The maximum atomic E-state index is 12.3. The third kappa shape index (κ3) is 2.69. The van der Waals surface area contributed by atoms with E-state index >= 15 is 0 Å². The lowest BCUT2D eigenvalue weighted by molar-refractivity contribution is 0.102. The van der Waals surface area contributed by atoms with Crippen molar-refractivity contribution in [3.8, 4) is 11.8 Å². The molecule has 1 heterocycles. The first-order chi connectivity index (χ1) is 10.8. The van der Waals surface area contributed by atoms with Crippen LogP contribution in [0.5, 0.6) is 0 Å². The first kappa shape index (κ1) is 13.5. The van der Waals surface area contributed by atoms with Crippen LogP contribution in [-0.4, -0.2) is 20.7 Å². The SMILES string of the molecule is N#Cc1cccc(C(=O)Nc2ccccc2-n2cncn2)c1. The summed E-state index contributed by atoms with van der Waals surface area (Å²) >= 11 is 0. The second-order valence-corrected chi connectivity index (χ2v) is 4.50. The highest BCUT2D eigenvalue weighted by Gasteiger charge is 2.10. The van der Waals surface area contributed by atoms with Gasteiger partial charge in [0.1, 0.15) is 12.7 Å². The van der Waals surface area contributed by atoms with Crippen molar-refractivity contribution in [3.05, 3.63) is 72.3 Å². The van der Waals surface area contributed by atoms with E-state index in [1.807, 2.05) is 24.3 Å². The van der Waals surface area contributed by atoms with Crippen LogP contribution in [0.25, 0.3) is 5.69 Å². The Labute approximate surface area is 126 Å². The van der Waals surface area contributed by atoms with Crippen LogP contribution in [0.3, 0.4) is 0 Å². The van der Waals surface area contributed by atoms with Gasteiger partial charge in [0.2, 0.25) is 0 Å². The van der Waals surface area contributed by atoms with Gasteiger partial charge in [-0.3, -0.25) is 4.79 Å². The van der Waals surface area contributed by atoms with Crippen LogP contribution in [0.4, 0.5) is 5.69 Å². The molecule has 2 aromatic carbocycles. The van der Waals surface area contributed by atoms with Crippen LogP contribution in [0, 0.1) is 11.3 Å². The second-order valence-electron chi connectivity index (χ2n) is 4.50. The van der Waals surface area contributed by atoms with E-state index in [-0.39, 0.29) is 5.91 Å². The van der Waals surface area contributed by atoms with Gasteiger partial charge in [0.15, 0.2) is 0 Å². The van der Waals surface area contributed by atoms with E-state index in [0.29, 0.717) is 22.5 Å². The number of carbonyl (C=O) groups excluding carboxylic acids is 1. The molecule has 22 heavy (non-hydrogen) atoms. The number of carbonyl (C=O) groups is 1. The number of anilines is 1. The maximum Gasteiger partial charge on any atom is 0.255 e. The first-order valence-corrected chi connectivity index (χ1v) is 6.53. The van der Waals surface area contributed by atoms with Crippen molar-refractivity contribution in [3.63, 3.8) is 0 Å². The molecule has 1 aromatic heterocycles. The highest BCUT2D eigenvalue weighted by Crippen LogP contribution is 2.19. The lowest BCUT2D eigenvalue weighted by Gasteiger charge is -2.10.